The highest BCUT2D eigenvalue weighted by atomic mass is 127. The third-order valence-corrected chi connectivity index (χ3v) is 5.27. The number of aliphatic carboxylic acids is 1. The topological polar surface area (TPSA) is 87.2 Å². The number of nitrogens with zero attached hydrogens (tertiary/aromatic N) is 2. The summed E-state index contributed by atoms with van der Waals surface area (Å²) in [6, 6.07) is -0.00700. The van der Waals surface area contributed by atoms with Gasteiger partial charge in [0.2, 0.25) is 5.91 Å². The van der Waals surface area contributed by atoms with Gasteiger partial charge in [-0.3, -0.25) is 14.5 Å². The lowest BCUT2D eigenvalue weighted by Crippen LogP contribution is -2.51. The second-order valence-electron chi connectivity index (χ2n) is 7.07. The van der Waals surface area contributed by atoms with Crippen molar-refractivity contribution in [3.05, 3.63) is 0 Å². The Morgan fingerprint density at radius 2 is 2.00 bits per heavy atom. The smallest absolute Gasteiger partial charge is 0.411 e. The minimum atomic E-state index is -0.918. The van der Waals surface area contributed by atoms with Crippen LogP contribution in [0, 0.1) is 5.92 Å². The molecule has 0 aliphatic carbocycles. The summed E-state index contributed by atoms with van der Waals surface area (Å²) in [6.07, 6.45) is 1.02. The van der Waals surface area contributed by atoms with Crippen LogP contribution in [-0.2, 0) is 14.3 Å². The van der Waals surface area contributed by atoms with Gasteiger partial charge in [-0.1, -0.05) is 22.6 Å². The molecule has 3 unspecified atom stereocenters. The summed E-state index contributed by atoms with van der Waals surface area (Å²) in [4.78, 5) is 38.7. The van der Waals surface area contributed by atoms with Gasteiger partial charge in [0.1, 0.15) is 5.60 Å². The third-order valence-electron chi connectivity index (χ3n) is 4.08. The summed E-state index contributed by atoms with van der Waals surface area (Å²) in [5.74, 6) is -1.63. The molecular formula is C15H23IN2O5. The summed E-state index contributed by atoms with van der Waals surface area (Å²) in [6.45, 7) is 6.27. The number of halogens is 1. The zero-order chi connectivity index (χ0) is 17.4. The van der Waals surface area contributed by atoms with Crippen molar-refractivity contribution >= 4 is 40.6 Å². The van der Waals surface area contributed by atoms with E-state index in [1.165, 1.54) is 0 Å². The number of likely N-dealkylation sites (tertiary alicyclic amines) is 2. The van der Waals surface area contributed by atoms with Crippen molar-refractivity contribution in [3.63, 3.8) is 0 Å². The molecule has 0 radical (unpaired) electrons. The van der Waals surface area contributed by atoms with Crippen LogP contribution in [0.5, 0.6) is 0 Å². The molecule has 0 bridgehead atoms. The lowest BCUT2D eigenvalue weighted by molar-refractivity contribution is -0.141. The number of carbonyl (C=O) groups excluding carboxylic acids is 2. The first kappa shape index (κ1) is 18.3. The van der Waals surface area contributed by atoms with Gasteiger partial charge in [0, 0.05) is 25.6 Å². The van der Waals surface area contributed by atoms with E-state index < -0.39 is 17.5 Å². The second-order valence-corrected chi connectivity index (χ2v) is 8.51. The molecule has 0 saturated carbocycles. The third kappa shape index (κ3) is 4.48. The Morgan fingerprint density at radius 3 is 2.48 bits per heavy atom. The molecule has 2 fully saturated rings. The zero-order valence-electron chi connectivity index (χ0n) is 13.6. The predicted molar refractivity (Wildman–Crippen MR) is 91.2 cm³/mol. The van der Waals surface area contributed by atoms with Crippen LogP contribution in [-0.4, -0.2) is 61.7 Å². The normalized spacial score (nSPS) is 28.9. The van der Waals surface area contributed by atoms with Crippen molar-refractivity contribution < 1.29 is 24.2 Å². The Balaban J connectivity index is 1.95. The van der Waals surface area contributed by atoms with Gasteiger partial charge < -0.3 is 14.7 Å². The molecule has 0 aromatic heterocycles. The monoisotopic (exact) mass is 438 g/mol. The number of alkyl halides is 1. The van der Waals surface area contributed by atoms with E-state index in [2.05, 4.69) is 22.6 Å². The van der Waals surface area contributed by atoms with Crippen molar-refractivity contribution in [1.82, 2.24) is 9.80 Å². The number of amides is 2. The Labute approximate surface area is 149 Å². The van der Waals surface area contributed by atoms with Crippen LogP contribution in [0.1, 0.15) is 40.0 Å². The molecule has 0 aromatic carbocycles. The maximum atomic E-state index is 12.2. The van der Waals surface area contributed by atoms with Crippen LogP contribution in [0.3, 0.4) is 0 Å². The SMILES string of the molecule is CC(C)(C)OC(=O)N1CCC(N2CC(C(=O)O)CC2=O)CC1I. The maximum Gasteiger partial charge on any atom is 0.411 e. The summed E-state index contributed by atoms with van der Waals surface area (Å²) in [5.41, 5.74) is -0.538. The van der Waals surface area contributed by atoms with Gasteiger partial charge in [0.15, 0.2) is 0 Å². The molecule has 23 heavy (non-hydrogen) atoms. The summed E-state index contributed by atoms with van der Waals surface area (Å²) >= 11 is 2.18. The Kier molecular flexibility index (Phi) is 5.42. The number of piperidine rings is 1. The molecule has 2 saturated heterocycles. The fourth-order valence-electron chi connectivity index (χ4n) is 2.96. The summed E-state index contributed by atoms with van der Waals surface area (Å²) in [5, 5.41) is 9.07. The number of carboxylic acids is 1. The summed E-state index contributed by atoms with van der Waals surface area (Å²) < 4.78 is 5.33. The average Bonchev–Trinajstić information content (AvgIpc) is 2.78. The number of hydrogen-bond acceptors (Lipinski definition) is 4. The van der Waals surface area contributed by atoms with Crippen LogP contribution < -0.4 is 0 Å². The van der Waals surface area contributed by atoms with Gasteiger partial charge in [-0.05, 0) is 33.6 Å². The Hall–Kier alpha value is -1.06. The number of rotatable bonds is 2. The highest BCUT2D eigenvalue weighted by molar-refractivity contribution is 14.1. The number of carboxylic acid groups (broad SMARTS) is 1. The molecule has 130 valence electrons. The van der Waals surface area contributed by atoms with Gasteiger partial charge in [-0.2, -0.15) is 0 Å². The predicted octanol–water partition coefficient (Wildman–Crippen LogP) is 2.08. The van der Waals surface area contributed by atoms with E-state index in [9.17, 15) is 14.4 Å². The standard InChI is InChI=1S/C15H23IN2O5/c1-15(2,3)23-14(22)17-5-4-10(7-11(17)16)18-8-9(13(20)21)6-12(18)19/h9-11H,4-8H2,1-3H3,(H,20,21). The van der Waals surface area contributed by atoms with Gasteiger partial charge >= 0.3 is 12.1 Å². The molecule has 7 nitrogen and oxygen atoms in total. The first-order chi connectivity index (χ1) is 10.6. The minimum Gasteiger partial charge on any atom is -0.481 e. The van der Waals surface area contributed by atoms with E-state index in [0.29, 0.717) is 19.4 Å². The van der Waals surface area contributed by atoms with Gasteiger partial charge in [-0.25, -0.2) is 4.79 Å². The molecule has 3 atom stereocenters. The van der Waals surface area contributed by atoms with Crippen LogP contribution in [0.15, 0.2) is 0 Å². The number of ether oxygens (including phenoxy) is 1. The van der Waals surface area contributed by atoms with E-state index in [1.54, 1.807) is 9.80 Å². The first-order valence-electron chi connectivity index (χ1n) is 7.74. The molecule has 0 spiro atoms. The van der Waals surface area contributed by atoms with Gasteiger partial charge in [-0.15, -0.1) is 0 Å². The molecular weight excluding hydrogens is 415 g/mol. The molecule has 1 N–H and O–H groups in total. The molecule has 2 heterocycles. The highest BCUT2D eigenvalue weighted by Crippen LogP contribution is 2.31. The number of carbonyl (C=O) groups is 3. The van der Waals surface area contributed by atoms with E-state index in [4.69, 9.17) is 9.84 Å². The van der Waals surface area contributed by atoms with Crippen molar-refractivity contribution in [2.75, 3.05) is 13.1 Å². The fourth-order valence-corrected chi connectivity index (χ4v) is 4.05. The molecule has 0 aromatic rings. The molecule has 2 amide bonds. The minimum absolute atomic E-state index is 0.00700. The maximum absolute atomic E-state index is 12.2. The lowest BCUT2D eigenvalue weighted by atomic mass is 10.0. The summed E-state index contributed by atoms with van der Waals surface area (Å²) in [7, 11) is 0. The quantitative estimate of drug-likeness (QED) is 0.405. The van der Waals surface area contributed by atoms with Gasteiger partial charge in [0.05, 0.1) is 9.97 Å². The molecule has 2 rings (SSSR count). The molecule has 2 aliphatic rings. The molecule has 2 aliphatic heterocycles. The lowest BCUT2D eigenvalue weighted by Gasteiger charge is -2.40. The number of hydrogen-bond donors (Lipinski definition) is 1. The first-order valence-corrected chi connectivity index (χ1v) is 8.99. The zero-order valence-corrected chi connectivity index (χ0v) is 15.8. The van der Waals surface area contributed by atoms with E-state index >= 15 is 0 Å². The Bertz CT molecular complexity index is 505. The highest BCUT2D eigenvalue weighted by Gasteiger charge is 2.41. The van der Waals surface area contributed by atoms with Crippen LogP contribution in [0.25, 0.3) is 0 Å². The van der Waals surface area contributed by atoms with Crippen molar-refractivity contribution in [1.29, 1.82) is 0 Å². The Morgan fingerprint density at radius 1 is 1.35 bits per heavy atom. The van der Waals surface area contributed by atoms with E-state index in [1.807, 2.05) is 20.8 Å². The average molecular weight is 438 g/mol. The van der Waals surface area contributed by atoms with Gasteiger partial charge in [0.25, 0.3) is 0 Å². The fraction of sp³-hybridized carbons (Fsp3) is 0.800. The van der Waals surface area contributed by atoms with Crippen LogP contribution in [0.4, 0.5) is 4.79 Å². The van der Waals surface area contributed by atoms with E-state index in [-0.39, 0.29) is 35.1 Å². The second kappa shape index (κ2) is 6.82. The van der Waals surface area contributed by atoms with Crippen LogP contribution in [0.2, 0.25) is 0 Å². The van der Waals surface area contributed by atoms with E-state index in [0.717, 1.165) is 0 Å². The van der Waals surface area contributed by atoms with Crippen molar-refractivity contribution in [2.24, 2.45) is 5.92 Å². The van der Waals surface area contributed by atoms with Crippen molar-refractivity contribution in [3.8, 4) is 0 Å². The van der Waals surface area contributed by atoms with Crippen LogP contribution >= 0.6 is 22.6 Å². The largest absolute Gasteiger partial charge is 0.481 e. The van der Waals surface area contributed by atoms with Crippen molar-refractivity contribution in [2.45, 2.75) is 55.7 Å². The molecule has 8 heteroatoms.